The minimum Gasteiger partial charge on any atom is -0.462 e. The van der Waals surface area contributed by atoms with Gasteiger partial charge in [0.1, 0.15) is 13.2 Å². The fourth-order valence-electron chi connectivity index (χ4n) is 11.0. The summed E-state index contributed by atoms with van der Waals surface area (Å²) in [5, 5.41) is 0. The minimum atomic E-state index is -0.774. The molecule has 0 aromatic heterocycles. The molecule has 0 saturated carbocycles. The number of carbonyl (C=O) groups is 3. The number of unbranched alkanes of at least 4 members (excludes halogenated alkanes) is 49. The van der Waals surface area contributed by atoms with Crippen molar-refractivity contribution in [2.24, 2.45) is 0 Å². The molecule has 0 amide bonds. The summed E-state index contributed by atoms with van der Waals surface area (Å²) < 4.78 is 17.0. The van der Waals surface area contributed by atoms with E-state index in [9.17, 15) is 14.4 Å². The van der Waals surface area contributed by atoms with E-state index in [2.05, 4.69) is 69.4 Å². The van der Waals surface area contributed by atoms with Gasteiger partial charge in [-0.05, 0) is 83.5 Å². The molecule has 0 bridgehead atoms. The van der Waals surface area contributed by atoms with Crippen LogP contribution in [0.5, 0.6) is 0 Å². The zero-order valence-corrected chi connectivity index (χ0v) is 55.3. The predicted molar refractivity (Wildman–Crippen MR) is 358 cm³/mol. The van der Waals surface area contributed by atoms with Crippen molar-refractivity contribution in [2.75, 3.05) is 13.2 Å². The van der Waals surface area contributed by atoms with E-state index < -0.39 is 6.10 Å². The highest BCUT2D eigenvalue weighted by molar-refractivity contribution is 5.71. The second-order valence-electron chi connectivity index (χ2n) is 24.9. The summed E-state index contributed by atoms with van der Waals surface area (Å²) >= 11 is 0. The monoisotopic (exact) mass is 1150 g/mol. The Labute approximate surface area is 511 Å². The van der Waals surface area contributed by atoms with Gasteiger partial charge in [-0.15, -0.1) is 0 Å². The van der Waals surface area contributed by atoms with Crippen LogP contribution in [-0.4, -0.2) is 37.2 Å². The molecule has 6 heteroatoms. The lowest BCUT2D eigenvalue weighted by Gasteiger charge is -2.18. The van der Waals surface area contributed by atoms with Gasteiger partial charge in [0.05, 0.1) is 0 Å². The average Bonchev–Trinajstić information content (AvgIpc) is 3.47. The van der Waals surface area contributed by atoms with Gasteiger partial charge < -0.3 is 14.2 Å². The number of ether oxygens (including phenoxy) is 3. The Morgan fingerprint density at radius 1 is 0.244 bits per heavy atom. The van der Waals surface area contributed by atoms with Crippen molar-refractivity contribution in [3.05, 3.63) is 48.6 Å². The number of carbonyl (C=O) groups excluding carboxylic acids is 3. The first-order chi connectivity index (χ1) is 40.5. The van der Waals surface area contributed by atoms with Gasteiger partial charge in [0.2, 0.25) is 0 Å². The minimum absolute atomic E-state index is 0.0703. The first-order valence-corrected chi connectivity index (χ1v) is 36.6. The Kier molecular flexibility index (Phi) is 68.6. The van der Waals surface area contributed by atoms with Crippen molar-refractivity contribution in [2.45, 2.75) is 406 Å². The molecule has 0 aliphatic heterocycles. The molecule has 0 saturated heterocycles. The van der Waals surface area contributed by atoms with Crippen molar-refractivity contribution in [3.8, 4) is 0 Å². The zero-order chi connectivity index (χ0) is 59.2. The number of rotatable bonds is 68. The highest BCUT2D eigenvalue weighted by Gasteiger charge is 2.19. The van der Waals surface area contributed by atoms with Gasteiger partial charge in [0.25, 0.3) is 0 Å². The maximum atomic E-state index is 13.0. The Morgan fingerprint density at radius 2 is 0.439 bits per heavy atom. The molecule has 6 nitrogen and oxygen atoms in total. The molecule has 82 heavy (non-hydrogen) atoms. The van der Waals surface area contributed by atoms with Gasteiger partial charge >= 0.3 is 17.9 Å². The highest BCUT2D eigenvalue weighted by Crippen LogP contribution is 2.18. The first-order valence-electron chi connectivity index (χ1n) is 36.6. The molecule has 1 atom stereocenters. The second-order valence-corrected chi connectivity index (χ2v) is 24.9. The Hall–Kier alpha value is -2.63. The maximum Gasteiger partial charge on any atom is 0.306 e. The number of allylic oxidation sites excluding steroid dienone is 8. The van der Waals surface area contributed by atoms with Crippen LogP contribution in [0.3, 0.4) is 0 Å². The smallest absolute Gasteiger partial charge is 0.306 e. The van der Waals surface area contributed by atoms with E-state index in [0.29, 0.717) is 19.3 Å². The quantitative estimate of drug-likeness (QED) is 0.0261. The van der Waals surface area contributed by atoms with Gasteiger partial charge in [-0.1, -0.05) is 345 Å². The van der Waals surface area contributed by atoms with Crippen LogP contribution in [0.15, 0.2) is 48.6 Å². The van der Waals surface area contributed by atoms with E-state index in [1.807, 2.05) is 0 Å². The van der Waals surface area contributed by atoms with Crippen LogP contribution in [0, 0.1) is 0 Å². The van der Waals surface area contributed by atoms with Crippen LogP contribution in [0.25, 0.3) is 0 Å². The lowest BCUT2D eigenvalue weighted by Crippen LogP contribution is -2.30. The summed E-state index contributed by atoms with van der Waals surface area (Å²) in [6.07, 6.45) is 90.1. The molecule has 0 aromatic rings. The molecule has 0 N–H and O–H groups in total. The lowest BCUT2D eigenvalue weighted by molar-refractivity contribution is -0.167. The molecule has 0 radical (unpaired) electrons. The third kappa shape index (κ3) is 68.2. The normalized spacial score (nSPS) is 12.3. The standard InChI is InChI=1S/C76H140O6/c1-4-7-10-13-16-19-22-25-28-30-32-33-34-35-36-37-38-39-40-41-42-43-45-46-48-51-54-57-60-63-66-69-75(78)81-72-73(71-80-74(77)68-65-62-59-56-53-50-27-24-21-18-15-12-9-6-3)82-76(79)70-67-64-61-58-55-52-49-47-44-31-29-26-23-20-17-14-11-8-5-2/h22,24-25,27,30,32,34-35,73H,4-21,23,26,28-29,31,33,36-72H2,1-3H3/b25-22-,27-24-,32-30-,35-34-. The molecular formula is C76H140O6. The van der Waals surface area contributed by atoms with Crippen LogP contribution in [0.4, 0.5) is 0 Å². The van der Waals surface area contributed by atoms with Gasteiger partial charge in [-0.2, -0.15) is 0 Å². The van der Waals surface area contributed by atoms with Crippen molar-refractivity contribution in [3.63, 3.8) is 0 Å². The molecule has 0 aliphatic rings. The summed E-state index contributed by atoms with van der Waals surface area (Å²) in [7, 11) is 0. The van der Waals surface area contributed by atoms with E-state index in [1.165, 1.54) is 283 Å². The van der Waals surface area contributed by atoms with Crippen LogP contribution in [-0.2, 0) is 28.6 Å². The molecule has 0 spiro atoms. The van der Waals surface area contributed by atoms with Crippen LogP contribution < -0.4 is 0 Å². The molecule has 0 aliphatic carbocycles. The molecule has 480 valence electrons. The van der Waals surface area contributed by atoms with E-state index in [1.54, 1.807) is 0 Å². The number of hydrogen-bond donors (Lipinski definition) is 0. The third-order valence-corrected chi connectivity index (χ3v) is 16.6. The SMILES string of the molecule is CCCCCCC/C=C\C/C=C\C/C=C\CCCCCCCCCCCCCCCCCCC(=O)OCC(COC(=O)CCCCCCC/C=C\CCCCCCC)OC(=O)CCCCCCCCCCCCCCCCCCCCC. The van der Waals surface area contributed by atoms with E-state index in [0.717, 1.165) is 77.0 Å². The predicted octanol–water partition coefficient (Wildman–Crippen LogP) is 25.3. The van der Waals surface area contributed by atoms with Crippen molar-refractivity contribution in [1.82, 2.24) is 0 Å². The van der Waals surface area contributed by atoms with Crippen LogP contribution >= 0.6 is 0 Å². The van der Waals surface area contributed by atoms with Crippen molar-refractivity contribution in [1.29, 1.82) is 0 Å². The van der Waals surface area contributed by atoms with Crippen LogP contribution in [0.1, 0.15) is 400 Å². The zero-order valence-electron chi connectivity index (χ0n) is 55.3. The van der Waals surface area contributed by atoms with Gasteiger partial charge in [0, 0.05) is 19.3 Å². The van der Waals surface area contributed by atoms with Gasteiger partial charge in [0.15, 0.2) is 6.10 Å². The molecule has 0 heterocycles. The summed E-state index contributed by atoms with van der Waals surface area (Å²) in [4.78, 5) is 38.4. The largest absolute Gasteiger partial charge is 0.462 e. The Balaban J connectivity index is 4.19. The third-order valence-electron chi connectivity index (χ3n) is 16.6. The summed E-state index contributed by atoms with van der Waals surface area (Å²) in [5.74, 6) is -0.850. The van der Waals surface area contributed by atoms with Gasteiger partial charge in [-0.25, -0.2) is 0 Å². The van der Waals surface area contributed by atoms with Crippen molar-refractivity contribution < 1.29 is 28.6 Å². The van der Waals surface area contributed by atoms with Crippen LogP contribution in [0.2, 0.25) is 0 Å². The number of hydrogen-bond acceptors (Lipinski definition) is 6. The molecule has 0 rings (SSSR count). The van der Waals surface area contributed by atoms with E-state index in [4.69, 9.17) is 14.2 Å². The molecule has 0 fully saturated rings. The molecular weight excluding hydrogens is 1010 g/mol. The average molecular weight is 1150 g/mol. The van der Waals surface area contributed by atoms with Crippen molar-refractivity contribution >= 4 is 17.9 Å². The van der Waals surface area contributed by atoms with E-state index >= 15 is 0 Å². The Morgan fingerprint density at radius 3 is 0.695 bits per heavy atom. The highest BCUT2D eigenvalue weighted by atomic mass is 16.6. The summed E-state index contributed by atoms with van der Waals surface area (Å²) in [6.45, 7) is 6.68. The Bertz CT molecular complexity index is 1410. The summed E-state index contributed by atoms with van der Waals surface area (Å²) in [6, 6.07) is 0. The van der Waals surface area contributed by atoms with E-state index in [-0.39, 0.29) is 31.1 Å². The first kappa shape index (κ1) is 79.4. The maximum absolute atomic E-state index is 13.0. The number of esters is 3. The molecule has 0 aromatic carbocycles. The fourth-order valence-corrected chi connectivity index (χ4v) is 11.0. The topological polar surface area (TPSA) is 78.9 Å². The lowest BCUT2D eigenvalue weighted by atomic mass is 10.0. The second kappa shape index (κ2) is 70.9. The summed E-state index contributed by atoms with van der Waals surface area (Å²) in [5.41, 5.74) is 0. The fraction of sp³-hybridized carbons (Fsp3) is 0.855. The van der Waals surface area contributed by atoms with Gasteiger partial charge in [-0.3, -0.25) is 14.4 Å². The molecule has 1 unspecified atom stereocenters.